The quantitative estimate of drug-likeness (QED) is 0.140. The molecule has 1 fully saturated rings. The third-order valence-corrected chi connectivity index (χ3v) is 7.31. The molecule has 8 atom stereocenters. The van der Waals surface area contributed by atoms with E-state index >= 15 is 0 Å². The Morgan fingerprint density at radius 2 is 2.06 bits per heavy atom. The Kier molecular flexibility index (Phi) is 7.81. The number of rotatable bonds is 8. The largest absolute Gasteiger partial charge is 0.481 e. The molecule has 1 aromatic rings. The summed E-state index contributed by atoms with van der Waals surface area (Å²) in [4.78, 5) is 49.1. The van der Waals surface area contributed by atoms with Crippen molar-refractivity contribution in [3.63, 3.8) is 0 Å². The van der Waals surface area contributed by atoms with Crippen molar-refractivity contribution in [2.24, 2.45) is 5.41 Å². The number of nitrogens with one attached hydrogen (secondary N) is 1. The number of anilines is 1. The van der Waals surface area contributed by atoms with Crippen molar-refractivity contribution in [3.8, 4) is 0 Å². The summed E-state index contributed by atoms with van der Waals surface area (Å²) in [6, 6.07) is 0.398. The van der Waals surface area contributed by atoms with Gasteiger partial charge in [-0.3, -0.25) is 18.7 Å². The fourth-order valence-electron chi connectivity index (χ4n) is 4.02. The average molecular weight is 518 g/mol. The van der Waals surface area contributed by atoms with Crippen LogP contribution in [-0.4, -0.2) is 90.0 Å². The number of carbonyl (C=O) groups excluding carboxylic acids is 1. The molecule has 1 unspecified atom stereocenters. The lowest BCUT2D eigenvalue weighted by Gasteiger charge is -2.36. The second-order valence-electron chi connectivity index (χ2n) is 8.50. The summed E-state index contributed by atoms with van der Waals surface area (Å²) in [6.45, 7) is 0.493. The zero-order valence-corrected chi connectivity index (χ0v) is 19.4. The van der Waals surface area contributed by atoms with E-state index in [-0.39, 0.29) is 5.82 Å². The number of amides is 1. The van der Waals surface area contributed by atoms with Crippen LogP contribution in [-0.2, 0) is 23.4 Å². The molecule has 15 nitrogen and oxygen atoms in total. The number of nitrogens with zero attached hydrogens (tertiary/aromatic N) is 2. The minimum absolute atomic E-state index is 0.0713. The summed E-state index contributed by atoms with van der Waals surface area (Å²) in [5.74, 6) is -2.02. The molecular formula is C19H27N4O11P. The topological polar surface area (TPSA) is 244 Å². The van der Waals surface area contributed by atoms with Gasteiger partial charge in [0.2, 0.25) is 5.91 Å². The number of hydrogen-bond acceptors (Lipinski definition) is 11. The molecule has 194 valence electrons. The minimum Gasteiger partial charge on any atom is -0.481 e. The average Bonchev–Trinajstić information content (AvgIpc) is 3.02. The SMILES string of the molecule is CC(=O)N[C@H]1C=C[C@@](CP(=O)(O)OC[C@H]2O[C@@H](n3ccc(N)nc3=O)[C@H](O)[C@@H]2O)(C(=O)O)C[C@H]1O. The first-order chi connectivity index (χ1) is 16.2. The lowest BCUT2D eigenvalue weighted by molar-refractivity contribution is -0.147. The maximum atomic E-state index is 12.8. The van der Waals surface area contributed by atoms with Crippen molar-refractivity contribution in [3.05, 3.63) is 34.9 Å². The van der Waals surface area contributed by atoms with E-state index in [0.717, 1.165) is 10.6 Å². The lowest BCUT2D eigenvalue weighted by Crippen LogP contribution is -2.49. The molecule has 0 saturated carbocycles. The summed E-state index contributed by atoms with van der Waals surface area (Å²) >= 11 is 0. The number of carbonyl (C=O) groups is 2. The summed E-state index contributed by atoms with van der Waals surface area (Å²) in [7, 11) is -4.66. The number of carboxylic acids is 1. The first kappa shape index (κ1) is 26.9. The number of aliphatic hydroxyl groups excluding tert-OH is 3. The molecule has 0 radical (unpaired) electrons. The van der Waals surface area contributed by atoms with Crippen LogP contribution in [0.25, 0.3) is 0 Å². The molecule has 2 aliphatic rings. The van der Waals surface area contributed by atoms with Crippen molar-refractivity contribution < 1.29 is 48.7 Å². The van der Waals surface area contributed by atoms with E-state index in [1.807, 2.05) is 0 Å². The smallest absolute Gasteiger partial charge is 0.351 e. The van der Waals surface area contributed by atoms with Gasteiger partial charge in [-0.25, -0.2) is 4.79 Å². The molecular weight excluding hydrogens is 491 g/mol. The maximum Gasteiger partial charge on any atom is 0.351 e. The molecule has 16 heteroatoms. The number of aliphatic carboxylic acids is 1. The van der Waals surface area contributed by atoms with Gasteiger partial charge in [-0.2, -0.15) is 4.98 Å². The van der Waals surface area contributed by atoms with Crippen LogP contribution in [0.5, 0.6) is 0 Å². The molecule has 1 aliphatic carbocycles. The Morgan fingerprint density at radius 3 is 2.63 bits per heavy atom. The van der Waals surface area contributed by atoms with Gasteiger partial charge in [0.15, 0.2) is 6.23 Å². The number of nitrogen functional groups attached to an aromatic ring is 1. The summed E-state index contributed by atoms with van der Waals surface area (Å²) in [5, 5.41) is 43.0. The van der Waals surface area contributed by atoms with Gasteiger partial charge < -0.3 is 45.6 Å². The van der Waals surface area contributed by atoms with Gasteiger partial charge in [0.1, 0.15) is 24.1 Å². The Balaban J connectivity index is 1.70. The van der Waals surface area contributed by atoms with Gasteiger partial charge in [0, 0.05) is 13.1 Å². The van der Waals surface area contributed by atoms with Crippen LogP contribution in [0.15, 0.2) is 29.2 Å². The van der Waals surface area contributed by atoms with E-state index in [0.29, 0.717) is 0 Å². The van der Waals surface area contributed by atoms with Crippen LogP contribution in [0.1, 0.15) is 19.6 Å². The van der Waals surface area contributed by atoms with Crippen LogP contribution in [0.2, 0.25) is 0 Å². The normalized spacial score (nSPS) is 34.3. The Hall–Kier alpha value is -2.65. The number of ether oxygens (including phenoxy) is 1. The predicted octanol–water partition coefficient (Wildman–Crippen LogP) is -2.46. The number of hydrogen-bond donors (Lipinski definition) is 7. The highest BCUT2D eigenvalue weighted by Gasteiger charge is 2.49. The number of carboxylic acid groups (broad SMARTS) is 1. The Labute approximate surface area is 198 Å². The Bertz CT molecular complexity index is 1110. The monoisotopic (exact) mass is 518 g/mol. The van der Waals surface area contributed by atoms with Crippen molar-refractivity contribution in [2.75, 3.05) is 18.5 Å². The van der Waals surface area contributed by atoms with Gasteiger partial charge in [-0.1, -0.05) is 12.2 Å². The number of aliphatic hydroxyl groups is 3. The summed E-state index contributed by atoms with van der Waals surface area (Å²) in [5.41, 5.74) is 2.59. The van der Waals surface area contributed by atoms with Crippen LogP contribution < -0.4 is 16.7 Å². The van der Waals surface area contributed by atoms with Gasteiger partial charge in [0.25, 0.3) is 0 Å². The zero-order chi connectivity index (χ0) is 26.1. The fourth-order valence-corrected chi connectivity index (χ4v) is 5.57. The fraction of sp³-hybridized carbons (Fsp3) is 0.579. The number of nitrogens with two attached hydrogens (primary N) is 1. The highest BCUT2D eigenvalue weighted by atomic mass is 31.2. The molecule has 0 spiro atoms. The third kappa shape index (κ3) is 5.95. The van der Waals surface area contributed by atoms with E-state index in [9.17, 15) is 44.3 Å². The molecule has 1 saturated heterocycles. The minimum atomic E-state index is -4.66. The van der Waals surface area contributed by atoms with E-state index in [1.54, 1.807) is 0 Å². The van der Waals surface area contributed by atoms with Gasteiger partial charge >= 0.3 is 19.3 Å². The van der Waals surface area contributed by atoms with E-state index in [1.165, 1.54) is 25.3 Å². The molecule has 1 amide bonds. The van der Waals surface area contributed by atoms with Crippen LogP contribution >= 0.6 is 7.60 Å². The predicted molar refractivity (Wildman–Crippen MR) is 117 cm³/mol. The van der Waals surface area contributed by atoms with Crippen LogP contribution in [0.3, 0.4) is 0 Å². The van der Waals surface area contributed by atoms with Crippen molar-refractivity contribution in [1.29, 1.82) is 0 Å². The molecule has 1 aliphatic heterocycles. The Morgan fingerprint density at radius 1 is 1.37 bits per heavy atom. The first-order valence-electron chi connectivity index (χ1n) is 10.5. The van der Waals surface area contributed by atoms with Gasteiger partial charge in [0.05, 0.1) is 30.3 Å². The molecule has 3 rings (SSSR count). The number of aromatic nitrogens is 2. The molecule has 35 heavy (non-hydrogen) atoms. The van der Waals surface area contributed by atoms with Gasteiger partial charge in [-0.05, 0) is 12.5 Å². The summed E-state index contributed by atoms with van der Waals surface area (Å²) in [6.07, 6.45) is -5.17. The van der Waals surface area contributed by atoms with Crippen LogP contribution in [0, 0.1) is 5.41 Å². The standard InChI is InChI=1S/C19H27N4O11P/c1-9(24)21-10-2-4-19(17(28)29,6-11(10)25)8-35(31,32)33-7-12-14(26)15(27)16(34-12)23-5-3-13(20)22-18(23)30/h2-5,10-12,14-16,25-27H,6-8H2,1H3,(H,21,24)(H,28,29)(H,31,32)(H2,20,22,30)/t10-,11+,12+,14+,15+,16+,19+/m0/s1. The van der Waals surface area contributed by atoms with E-state index < -0.39 is 86.5 Å². The van der Waals surface area contributed by atoms with Crippen molar-refractivity contribution >= 4 is 25.3 Å². The van der Waals surface area contributed by atoms with Crippen molar-refractivity contribution in [2.45, 2.75) is 50.0 Å². The lowest BCUT2D eigenvalue weighted by atomic mass is 9.77. The summed E-state index contributed by atoms with van der Waals surface area (Å²) < 4.78 is 24.1. The first-order valence-corrected chi connectivity index (χ1v) is 12.2. The maximum absolute atomic E-state index is 12.8. The van der Waals surface area contributed by atoms with E-state index in [4.69, 9.17) is 15.0 Å². The highest BCUT2D eigenvalue weighted by molar-refractivity contribution is 7.52. The van der Waals surface area contributed by atoms with E-state index in [2.05, 4.69) is 10.3 Å². The second-order valence-corrected chi connectivity index (χ2v) is 10.3. The van der Waals surface area contributed by atoms with Gasteiger partial charge in [-0.15, -0.1) is 0 Å². The third-order valence-electron chi connectivity index (χ3n) is 5.79. The molecule has 0 aromatic carbocycles. The second kappa shape index (κ2) is 10.1. The van der Waals surface area contributed by atoms with Crippen molar-refractivity contribution in [1.82, 2.24) is 14.9 Å². The molecule has 0 bridgehead atoms. The highest BCUT2D eigenvalue weighted by Crippen LogP contribution is 2.51. The molecule has 8 N–H and O–H groups in total. The zero-order valence-electron chi connectivity index (χ0n) is 18.5. The molecule has 2 heterocycles. The molecule has 1 aromatic heterocycles. The van der Waals surface area contributed by atoms with Crippen LogP contribution in [0.4, 0.5) is 5.82 Å².